The maximum atomic E-state index is 12.8. The molecule has 1 fully saturated rings. The summed E-state index contributed by atoms with van der Waals surface area (Å²) in [7, 11) is 1.62. The van der Waals surface area contributed by atoms with Gasteiger partial charge in [-0.3, -0.25) is 0 Å². The molecular formula is C17H27N3O2. The molecule has 0 atom stereocenters. The number of hydrogen-bond donors (Lipinski definition) is 2. The van der Waals surface area contributed by atoms with Gasteiger partial charge in [-0.1, -0.05) is 0 Å². The molecule has 0 bridgehead atoms. The van der Waals surface area contributed by atoms with Crippen LogP contribution in [-0.2, 0) is 0 Å². The van der Waals surface area contributed by atoms with Crippen LogP contribution in [0.15, 0.2) is 24.3 Å². The lowest BCUT2D eigenvalue weighted by Crippen LogP contribution is -2.66. The highest BCUT2D eigenvalue weighted by molar-refractivity contribution is 5.90. The van der Waals surface area contributed by atoms with Crippen molar-refractivity contribution in [2.45, 2.75) is 57.7 Å². The van der Waals surface area contributed by atoms with Crippen molar-refractivity contribution in [3.05, 3.63) is 24.3 Å². The fraction of sp³-hybridized carbons (Fsp3) is 0.588. The number of ether oxygens (including phenoxy) is 1. The van der Waals surface area contributed by atoms with Crippen LogP contribution in [0.5, 0.6) is 5.75 Å². The lowest BCUT2D eigenvalue weighted by atomic mass is 9.77. The van der Waals surface area contributed by atoms with E-state index >= 15 is 0 Å². The molecule has 1 saturated heterocycles. The average Bonchev–Trinajstić information content (AvgIpc) is 2.35. The Morgan fingerprint density at radius 3 is 2.14 bits per heavy atom. The Morgan fingerprint density at radius 1 is 1.18 bits per heavy atom. The van der Waals surface area contributed by atoms with E-state index in [2.05, 4.69) is 33.0 Å². The first-order chi connectivity index (χ1) is 10.2. The van der Waals surface area contributed by atoms with E-state index in [4.69, 9.17) is 10.5 Å². The number of piperidine rings is 1. The third kappa shape index (κ3) is 3.35. The molecule has 1 aromatic carbocycles. The van der Waals surface area contributed by atoms with Crippen LogP contribution in [0, 0.1) is 0 Å². The normalized spacial score (nSPS) is 20.5. The Labute approximate surface area is 132 Å². The van der Waals surface area contributed by atoms with Gasteiger partial charge in [0.15, 0.2) is 0 Å². The summed E-state index contributed by atoms with van der Waals surface area (Å²) >= 11 is 0. The molecule has 5 nitrogen and oxygen atoms in total. The second kappa shape index (κ2) is 5.80. The first kappa shape index (κ1) is 16.6. The largest absolute Gasteiger partial charge is 0.497 e. The van der Waals surface area contributed by atoms with Crippen molar-refractivity contribution in [3.8, 4) is 5.75 Å². The predicted molar refractivity (Wildman–Crippen MR) is 89.2 cm³/mol. The molecule has 122 valence electrons. The van der Waals surface area contributed by atoms with E-state index in [-0.39, 0.29) is 23.2 Å². The smallest absolute Gasteiger partial charge is 0.322 e. The molecular weight excluding hydrogens is 278 g/mol. The van der Waals surface area contributed by atoms with Crippen LogP contribution in [0.1, 0.15) is 40.5 Å². The molecule has 2 rings (SSSR count). The topological polar surface area (TPSA) is 67.6 Å². The third-order valence-electron chi connectivity index (χ3n) is 4.28. The molecule has 0 radical (unpaired) electrons. The zero-order chi connectivity index (χ0) is 16.5. The molecule has 0 spiro atoms. The van der Waals surface area contributed by atoms with Crippen LogP contribution in [-0.4, -0.2) is 35.2 Å². The van der Waals surface area contributed by atoms with E-state index in [0.717, 1.165) is 24.3 Å². The second-order valence-corrected chi connectivity index (χ2v) is 7.29. The third-order valence-corrected chi connectivity index (χ3v) is 4.28. The first-order valence-corrected chi connectivity index (χ1v) is 7.67. The van der Waals surface area contributed by atoms with Gasteiger partial charge in [-0.05, 0) is 64.8 Å². The molecule has 2 amide bonds. The molecule has 22 heavy (non-hydrogen) atoms. The Balaban J connectivity index is 2.18. The molecule has 0 aromatic heterocycles. The summed E-state index contributed by atoms with van der Waals surface area (Å²) in [5.74, 6) is 0.766. The summed E-state index contributed by atoms with van der Waals surface area (Å²) in [6, 6.07) is 7.37. The number of benzene rings is 1. The number of hydrogen-bond acceptors (Lipinski definition) is 3. The highest BCUT2D eigenvalue weighted by atomic mass is 16.5. The van der Waals surface area contributed by atoms with Crippen molar-refractivity contribution >= 4 is 11.7 Å². The Kier molecular flexibility index (Phi) is 4.38. The van der Waals surface area contributed by atoms with Crippen molar-refractivity contribution in [1.29, 1.82) is 0 Å². The van der Waals surface area contributed by atoms with E-state index in [1.54, 1.807) is 7.11 Å². The summed E-state index contributed by atoms with van der Waals surface area (Å²) in [5, 5.41) is 2.98. The fourth-order valence-corrected chi connectivity index (χ4v) is 3.76. The Hall–Kier alpha value is -1.75. The number of methoxy groups -OCH3 is 1. The number of nitrogens with two attached hydrogens (primary N) is 1. The number of rotatable bonds is 2. The Morgan fingerprint density at radius 2 is 1.68 bits per heavy atom. The number of nitrogens with one attached hydrogen (secondary N) is 1. The van der Waals surface area contributed by atoms with Crippen molar-refractivity contribution in [3.63, 3.8) is 0 Å². The van der Waals surface area contributed by atoms with Crippen LogP contribution in [0.2, 0.25) is 0 Å². The van der Waals surface area contributed by atoms with Gasteiger partial charge in [0.1, 0.15) is 5.75 Å². The highest BCUT2D eigenvalue weighted by Crippen LogP contribution is 2.38. The first-order valence-electron chi connectivity index (χ1n) is 7.67. The number of likely N-dealkylation sites (tertiary alicyclic amines) is 1. The van der Waals surface area contributed by atoms with Gasteiger partial charge >= 0.3 is 6.03 Å². The summed E-state index contributed by atoms with van der Waals surface area (Å²) in [5.41, 5.74) is 6.36. The summed E-state index contributed by atoms with van der Waals surface area (Å²) in [6.45, 7) is 8.28. The number of nitrogens with zero attached hydrogens (tertiary/aromatic N) is 1. The minimum atomic E-state index is -0.280. The second-order valence-electron chi connectivity index (χ2n) is 7.29. The zero-order valence-electron chi connectivity index (χ0n) is 14.1. The zero-order valence-corrected chi connectivity index (χ0v) is 14.1. The lowest BCUT2D eigenvalue weighted by molar-refractivity contribution is 0.00876. The van der Waals surface area contributed by atoms with E-state index < -0.39 is 0 Å². The van der Waals surface area contributed by atoms with Crippen molar-refractivity contribution < 1.29 is 9.53 Å². The molecule has 5 heteroatoms. The molecule has 1 aliphatic rings. The van der Waals surface area contributed by atoms with Gasteiger partial charge in [-0.15, -0.1) is 0 Å². The molecule has 0 aliphatic carbocycles. The van der Waals surface area contributed by atoms with Gasteiger partial charge in [-0.25, -0.2) is 4.79 Å². The van der Waals surface area contributed by atoms with Crippen LogP contribution >= 0.6 is 0 Å². The van der Waals surface area contributed by atoms with Crippen LogP contribution in [0.25, 0.3) is 0 Å². The van der Waals surface area contributed by atoms with Crippen molar-refractivity contribution in [2.75, 3.05) is 12.4 Å². The van der Waals surface area contributed by atoms with Crippen LogP contribution < -0.4 is 15.8 Å². The predicted octanol–water partition coefficient (Wildman–Crippen LogP) is 3.21. The van der Waals surface area contributed by atoms with Gasteiger partial charge in [-0.2, -0.15) is 0 Å². The quantitative estimate of drug-likeness (QED) is 0.881. The minimum absolute atomic E-state index is 0.0907. The van der Waals surface area contributed by atoms with Gasteiger partial charge in [0.05, 0.1) is 7.11 Å². The van der Waals surface area contributed by atoms with Crippen LogP contribution in [0.3, 0.4) is 0 Å². The van der Waals surface area contributed by atoms with E-state index in [9.17, 15) is 4.79 Å². The molecule has 3 N–H and O–H groups in total. The van der Waals surface area contributed by atoms with E-state index in [1.807, 2.05) is 29.2 Å². The standard InChI is InChI=1S/C17H27N3O2/c1-16(2)10-12(18)11-17(3,4)20(16)15(21)19-13-6-8-14(22-5)9-7-13/h6-9,12H,10-11,18H2,1-5H3,(H,19,21). The van der Waals surface area contributed by atoms with Crippen molar-refractivity contribution in [1.82, 2.24) is 4.90 Å². The number of urea groups is 1. The molecule has 1 heterocycles. The van der Waals surface area contributed by atoms with Gasteiger partial charge in [0.2, 0.25) is 0 Å². The maximum absolute atomic E-state index is 12.8. The highest BCUT2D eigenvalue weighted by Gasteiger charge is 2.46. The van der Waals surface area contributed by atoms with Gasteiger partial charge < -0.3 is 20.7 Å². The maximum Gasteiger partial charge on any atom is 0.322 e. The number of carbonyl (C=O) groups is 1. The number of carbonyl (C=O) groups excluding carboxylic acids is 1. The monoisotopic (exact) mass is 305 g/mol. The Bertz CT molecular complexity index is 519. The summed E-state index contributed by atoms with van der Waals surface area (Å²) in [4.78, 5) is 14.7. The average molecular weight is 305 g/mol. The van der Waals surface area contributed by atoms with E-state index in [1.165, 1.54) is 0 Å². The SMILES string of the molecule is COc1ccc(NC(=O)N2C(C)(C)CC(N)CC2(C)C)cc1. The summed E-state index contributed by atoms with van der Waals surface area (Å²) < 4.78 is 5.13. The molecule has 1 aromatic rings. The fourth-order valence-electron chi connectivity index (χ4n) is 3.76. The molecule has 1 aliphatic heterocycles. The molecule has 0 saturated carbocycles. The number of amides is 2. The van der Waals surface area contributed by atoms with Crippen molar-refractivity contribution in [2.24, 2.45) is 5.73 Å². The number of anilines is 1. The van der Waals surface area contributed by atoms with Crippen LogP contribution in [0.4, 0.5) is 10.5 Å². The van der Waals surface area contributed by atoms with Gasteiger partial charge in [0, 0.05) is 22.8 Å². The van der Waals surface area contributed by atoms with Gasteiger partial charge in [0.25, 0.3) is 0 Å². The lowest BCUT2D eigenvalue weighted by Gasteiger charge is -2.54. The van der Waals surface area contributed by atoms with E-state index in [0.29, 0.717) is 0 Å². The minimum Gasteiger partial charge on any atom is -0.497 e. The summed E-state index contributed by atoms with van der Waals surface area (Å²) in [6.07, 6.45) is 1.60. The molecule has 0 unspecified atom stereocenters.